The summed E-state index contributed by atoms with van der Waals surface area (Å²) in [5.74, 6) is 0.704. The second kappa shape index (κ2) is 5.51. The van der Waals surface area contributed by atoms with Crippen LogP contribution in [0.5, 0.6) is 0 Å². The van der Waals surface area contributed by atoms with E-state index < -0.39 is 0 Å². The van der Waals surface area contributed by atoms with Crippen molar-refractivity contribution in [2.45, 2.75) is 58.5 Å². The Labute approximate surface area is 144 Å². The first-order chi connectivity index (χ1) is 11.4. The molecule has 4 rings (SSSR count). The molecule has 1 N–H and O–H groups in total. The summed E-state index contributed by atoms with van der Waals surface area (Å²) in [7, 11) is 0. The molecule has 2 aromatic rings. The van der Waals surface area contributed by atoms with Crippen LogP contribution < -0.4 is 5.56 Å². The number of hydrogen-bond acceptors (Lipinski definition) is 5. The SMILES string of the molecule is Cc1nc2c(c(=O)[nH]1)C[C@H]1CC[C@@H](C2)N1C(=O)c1sc(C)nc1C. The molecular weight excluding hydrogens is 324 g/mol. The van der Waals surface area contributed by atoms with Crippen molar-refractivity contribution in [3.8, 4) is 0 Å². The van der Waals surface area contributed by atoms with Crippen molar-refractivity contribution in [3.05, 3.63) is 43.0 Å². The lowest BCUT2D eigenvalue weighted by Crippen LogP contribution is -2.41. The van der Waals surface area contributed by atoms with Crippen LogP contribution in [0.15, 0.2) is 4.79 Å². The van der Waals surface area contributed by atoms with E-state index in [1.165, 1.54) is 11.3 Å². The molecule has 6 nitrogen and oxygen atoms in total. The molecule has 0 spiro atoms. The zero-order valence-electron chi connectivity index (χ0n) is 14.0. The highest BCUT2D eigenvalue weighted by Crippen LogP contribution is 2.35. The third kappa shape index (κ3) is 2.38. The fraction of sp³-hybridized carbons (Fsp3) is 0.529. The Morgan fingerprint density at radius 1 is 1.17 bits per heavy atom. The van der Waals surface area contributed by atoms with E-state index >= 15 is 0 Å². The molecule has 0 radical (unpaired) electrons. The van der Waals surface area contributed by atoms with Gasteiger partial charge in [0, 0.05) is 30.5 Å². The molecule has 2 aromatic heterocycles. The number of nitrogens with one attached hydrogen (secondary N) is 1. The lowest BCUT2D eigenvalue weighted by molar-refractivity contribution is 0.0677. The maximum atomic E-state index is 13.1. The van der Waals surface area contributed by atoms with Crippen LogP contribution in [0.1, 0.15) is 50.3 Å². The summed E-state index contributed by atoms with van der Waals surface area (Å²) in [6.45, 7) is 5.62. The fourth-order valence-corrected chi connectivity index (χ4v) is 4.91. The van der Waals surface area contributed by atoms with Crippen LogP contribution in [-0.4, -0.2) is 37.8 Å². The van der Waals surface area contributed by atoms with E-state index in [-0.39, 0.29) is 23.6 Å². The molecule has 0 aromatic carbocycles. The Morgan fingerprint density at radius 2 is 1.88 bits per heavy atom. The number of H-pyrrole nitrogens is 1. The summed E-state index contributed by atoms with van der Waals surface area (Å²) in [6.07, 6.45) is 3.18. The number of carbonyl (C=O) groups is 1. The van der Waals surface area contributed by atoms with Crippen LogP contribution >= 0.6 is 11.3 Å². The van der Waals surface area contributed by atoms with Crippen molar-refractivity contribution >= 4 is 17.2 Å². The van der Waals surface area contributed by atoms with E-state index in [1.807, 2.05) is 18.7 Å². The van der Waals surface area contributed by atoms with Crippen LogP contribution in [0, 0.1) is 20.8 Å². The number of carbonyl (C=O) groups excluding carboxylic acids is 1. The minimum absolute atomic E-state index is 0.0535. The first-order valence-corrected chi connectivity index (χ1v) is 9.11. The van der Waals surface area contributed by atoms with E-state index in [2.05, 4.69) is 15.0 Å². The van der Waals surface area contributed by atoms with Crippen LogP contribution in [0.3, 0.4) is 0 Å². The summed E-state index contributed by atoms with van der Waals surface area (Å²) in [5, 5.41) is 0.912. The maximum Gasteiger partial charge on any atom is 0.266 e. The highest BCUT2D eigenvalue weighted by Gasteiger charge is 2.42. The van der Waals surface area contributed by atoms with Crippen LogP contribution in [0.2, 0.25) is 0 Å². The third-order valence-electron chi connectivity index (χ3n) is 5.04. The first-order valence-electron chi connectivity index (χ1n) is 8.29. The molecule has 1 fully saturated rings. The van der Waals surface area contributed by atoms with E-state index in [9.17, 15) is 9.59 Å². The van der Waals surface area contributed by atoms with Gasteiger partial charge in [-0.15, -0.1) is 11.3 Å². The molecule has 0 aliphatic carbocycles. The number of aromatic amines is 1. The normalized spacial score (nSPS) is 22.4. The Kier molecular flexibility index (Phi) is 3.56. The van der Waals surface area contributed by atoms with Gasteiger partial charge in [0.2, 0.25) is 0 Å². The highest BCUT2D eigenvalue weighted by atomic mass is 32.1. The Morgan fingerprint density at radius 3 is 2.54 bits per heavy atom. The predicted molar refractivity (Wildman–Crippen MR) is 91.6 cm³/mol. The number of nitrogens with zero attached hydrogens (tertiary/aromatic N) is 3. The molecule has 2 atom stereocenters. The Balaban J connectivity index is 1.73. The number of aryl methyl sites for hydroxylation is 3. The zero-order chi connectivity index (χ0) is 17.0. The molecule has 2 bridgehead atoms. The second-order valence-corrected chi connectivity index (χ2v) is 7.93. The van der Waals surface area contributed by atoms with Crippen molar-refractivity contribution in [3.63, 3.8) is 0 Å². The molecule has 2 aliphatic heterocycles. The number of amides is 1. The average molecular weight is 344 g/mol. The van der Waals surface area contributed by atoms with Crippen molar-refractivity contribution in [2.75, 3.05) is 0 Å². The molecule has 4 heterocycles. The second-order valence-electron chi connectivity index (χ2n) is 6.73. The number of aromatic nitrogens is 3. The summed E-state index contributed by atoms with van der Waals surface area (Å²) in [4.78, 5) is 39.9. The van der Waals surface area contributed by atoms with Gasteiger partial charge in [-0.2, -0.15) is 0 Å². The van der Waals surface area contributed by atoms with Gasteiger partial charge in [0.05, 0.1) is 16.4 Å². The average Bonchev–Trinajstić information content (AvgIpc) is 2.98. The molecule has 7 heteroatoms. The van der Waals surface area contributed by atoms with Crippen LogP contribution in [0.25, 0.3) is 0 Å². The maximum absolute atomic E-state index is 13.1. The lowest BCUT2D eigenvalue weighted by Gasteiger charge is -2.27. The van der Waals surface area contributed by atoms with E-state index in [0.717, 1.165) is 39.7 Å². The van der Waals surface area contributed by atoms with Gasteiger partial charge in [-0.25, -0.2) is 9.97 Å². The smallest absolute Gasteiger partial charge is 0.266 e. The largest absolute Gasteiger partial charge is 0.331 e. The van der Waals surface area contributed by atoms with Gasteiger partial charge in [0.1, 0.15) is 10.7 Å². The number of rotatable bonds is 1. The van der Waals surface area contributed by atoms with Crippen LogP contribution in [0.4, 0.5) is 0 Å². The van der Waals surface area contributed by atoms with E-state index in [0.29, 0.717) is 18.7 Å². The highest BCUT2D eigenvalue weighted by molar-refractivity contribution is 7.13. The molecule has 126 valence electrons. The molecule has 2 aliphatic rings. The topological polar surface area (TPSA) is 79.0 Å². The Hall–Kier alpha value is -2.02. The van der Waals surface area contributed by atoms with Crippen molar-refractivity contribution < 1.29 is 4.79 Å². The van der Waals surface area contributed by atoms with Crippen molar-refractivity contribution in [1.29, 1.82) is 0 Å². The molecule has 24 heavy (non-hydrogen) atoms. The van der Waals surface area contributed by atoms with Gasteiger partial charge in [-0.05, 0) is 33.6 Å². The minimum Gasteiger partial charge on any atom is -0.331 e. The minimum atomic E-state index is -0.0535. The molecule has 1 saturated heterocycles. The quantitative estimate of drug-likeness (QED) is 0.857. The summed E-state index contributed by atoms with van der Waals surface area (Å²) in [5.41, 5.74) is 2.36. The van der Waals surface area contributed by atoms with E-state index in [4.69, 9.17) is 0 Å². The lowest BCUT2D eigenvalue weighted by atomic mass is 9.98. The van der Waals surface area contributed by atoms with Gasteiger partial charge in [-0.1, -0.05) is 0 Å². The zero-order valence-corrected chi connectivity index (χ0v) is 14.9. The predicted octanol–water partition coefficient (Wildman–Crippen LogP) is 1.92. The molecule has 0 saturated carbocycles. The molecular formula is C17H20N4O2S. The number of hydrogen-bond donors (Lipinski definition) is 1. The summed E-state index contributed by atoms with van der Waals surface area (Å²) >= 11 is 1.46. The summed E-state index contributed by atoms with van der Waals surface area (Å²) in [6, 6.07) is 0.204. The van der Waals surface area contributed by atoms with Crippen molar-refractivity contribution in [2.24, 2.45) is 0 Å². The monoisotopic (exact) mass is 344 g/mol. The number of thiazole rings is 1. The number of fused-ring (bicyclic) bond motifs is 3. The molecule has 0 unspecified atom stereocenters. The summed E-state index contributed by atoms with van der Waals surface area (Å²) < 4.78 is 0. The Bertz CT molecular complexity index is 885. The third-order valence-corrected chi connectivity index (χ3v) is 6.10. The van der Waals surface area contributed by atoms with Gasteiger partial charge >= 0.3 is 0 Å². The standard InChI is InChI=1S/C17H20N4O2S/c1-8-15(24-10(3)18-8)17(23)21-11-4-5-12(21)7-14-13(6-11)16(22)20-9(2)19-14/h11-12H,4-7H2,1-3H3,(H,19,20,22)/t11-,12+/m1/s1. The fourth-order valence-electron chi connectivity index (χ4n) is 4.05. The van der Waals surface area contributed by atoms with Crippen LogP contribution in [-0.2, 0) is 12.8 Å². The van der Waals surface area contributed by atoms with E-state index in [1.54, 1.807) is 6.92 Å². The van der Waals surface area contributed by atoms with Crippen molar-refractivity contribution in [1.82, 2.24) is 19.9 Å². The van der Waals surface area contributed by atoms with Gasteiger partial charge < -0.3 is 9.88 Å². The van der Waals surface area contributed by atoms with Gasteiger partial charge in [0.15, 0.2) is 0 Å². The van der Waals surface area contributed by atoms with Gasteiger partial charge in [-0.3, -0.25) is 9.59 Å². The van der Waals surface area contributed by atoms with Gasteiger partial charge in [0.25, 0.3) is 11.5 Å². The molecule has 1 amide bonds. The first kappa shape index (κ1) is 15.5.